The molecule has 0 bridgehead atoms. The van der Waals surface area contributed by atoms with Gasteiger partial charge < -0.3 is 15.2 Å². The van der Waals surface area contributed by atoms with Crippen LogP contribution in [0.15, 0.2) is 47.6 Å². The van der Waals surface area contributed by atoms with Crippen molar-refractivity contribution in [3.05, 3.63) is 53.6 Å². The fourth-order valence-corrected chi connectivity index (χ4v) is 2.02. The summed E-state index contributed by atoms with van der Waals surface area (Å²) >= 11 is 0. The molecule has 0 aliphatic carbocycles. The van der Waals surface area contributed by atoms with Gasteiger partial charge in [-0.1, -0.05) is 19.1 Å². The lowest BCUT2D eigenvalue weighted by atomic mass is 10.2. The standard InChI is InChI=1S/C18H19N3O4/c1-3-16(22)20-14-8-4-6-12(10-14)18(24)21-19-11-13-7-5-9-15(25-2)17(13)23/h4-11,23H,3H2,1-2H3,(H,20,22)(H,21,24). The van der Waals surface area contributed by atoms with E-state index in [4.69, 9.17) is 4.74 Å². The molecule has 0 heterocycles. The maximum Gasteiger partial charge on any atom is 0.271 e. The Bertz CT molecular complexity index is 803. The monoisotopic (exact) mass is 341 g/mol. The third-order valence-corrected chi connectivity index (χ3v) is 3.35. The third kappa shape index (κ3) is 4.81. The maximum atomic E-state index is 12.1. The summed E-state index contributed by atoms with van der Waals surface area (Å²) in [4.78, 5) is 23.5. The molecule has 2 rings (SSSR count). The van der Waals surface area contributed by atoms with Gasteiger partial charge in [0.05, 0.1) is 13.3 Å². The van der Waals surface area contributed by atoms with Crippen LogP contribution >= 0.6 is 0 Å². The zero-order valence-electron chi connectivity index (χ0n) is 13.9. The summed E-state index contributed by atoms with van der Waals surface area (Å²) in [7, 11) is 1.45. The average molecular weight is 341 g/mol. The van der Waals surface area contributed by atoms with Crippen molar-refractivity contribution in [2.24, 2.45) is 5.10 Å². The molecule has 0 saturated heterocycles. The van der Waals surface area contributed by atoms with Crippen LogP contribution in [0.2, 0.25) is 0 Å². The number of phenols is 1. The second kappa shape index (κ2) is 8.49. The number of carbonyl (C=O) groups excluding carboxylic acids is 2. The number of para-hydroxylation sites is 1. The largest absolute Gasteiger partial charge is 0.504 e. The number of benzene rings is 2. The van der Waals surface area contributed by atoms with Crippen molar-refractivity contribution >= 4 is 23.7 Å². The minimum Gasteiger partial charge on any atom is -0.504 e. The van der Waals surface area contributed by atoms with Crippen LogP contribution in [0.4, 0.5) is 5.69 Å². The highest BCUT2D eigenvalue weighted by molar-refractivity contribution is 5.97. The maximum absolute atomic E-state index is 12.1. The Kier molecular flexibility index (Phi) is 6.11. The minimum absolute atomic E-state index is 0.0627. The van der Waals surface area contributed by atoms with E-state index in [0.717, 1.165) is 0 Å². The van der Waals surface area contributed by atoms with Crippen molar-refractivity contribution in [1.29, 1.82) is 0 Å². The molecular weight excluding hydrogens is 322 g/mol. The number of carbonyl (C=O) groups is 2. The normalized spacial score (nSPS) is 10.5. The molecule has 25 heavy (non-hydrogen) atoms. The van der Waals surface area contributed by atoms with Crippen molar-refractivity contribution in [3.63, 3.8) is 0 Å². The second-order valence-electron chi connectivity index (χ2n) is 5.08. The van der Waals surface area contributed by atoms with E-state index in [0.29, 0.717) is 29.0 Å². The highest BCUT2D eigenvalue weighted by atomic mass is 16.5. The quantitative estimate of drug-likeness (QED) is 0.555. The number of hydrogen-bond donors (Lipinski definition) is 3. The summed E-state index contributed by atoms with van der Waals surface area (Å²) in [5.74, 6) is -0.322. The van der Waals surface area contributed by atoms with Gasteiger partial charge in [-0.05, 0) is 30.3 Å². The summed E-state index contributed by atoms with van der Waals surface area (Å²) < 4.78 is 5.00. The molecule has 2 amide bonds. The van der Waals surface area contributed by atoms with Gasteiger partial charge >= 0.3 is 0 Å². The van der Waals surface area contributed by atoms with Gasteiger partial charge in [-0.3, -0.25) is 9.59 Å². The zero-order chi connectivity index (χ0) is 18.2. The van der Waals surface area contributed by atoms with Gasteiger partial charge in [0, 0.05) is 23.2 Å². The van der Waals surface area contributed by atoms with Crippen LogP contribution in [0.5, 0.6) is 11.5 Å². The fraction of sp³-hybridized carbons (Fsp3) is 0.167. The summed E-state index contributed by atoms with van der Waals surface area (Å²) in [6.45, 7) is 1.74. The number of nitrogens with one attached hydrogen (secondary N) is 2. The second-order valence-corrected chi connectivity index (χ2v) is 5.08. The Labute approximate surface area is 145 Å². The number of ether oxygens (including phenoxy) is 1. The Hall–Kier alpha value is -3.35. The molecular formula is C18H19N3O4. The topological polar surface area (TPSA) is 100 Å². The number of aromatic hydroxyl groups is 1. The lowest BCUT2D eigenvalue weighted by Gasteiger charge is -2.06. The summed E-state index contributed by atoms with van der Waals surface area (Å²) in [5, 5.41) is 16.5. The molecule has 0 unspecified atom stereocenters. The van der Waals surface area contributed by atoms with Crippen LogP contribution in [0.3, 0.4) is 0 Å². The smallest absolute Gasteiger partial charge is 0.271 e. The van der Waals surface area contributed by atoms with Crippen molar-refractivity contribution < 1.29 is 19.4 Å². The Balaban J connectivity index is 2.05. The van der Waals surface area contributed by atoms with Gasteiger partial charge in [0.2, 0.25) is 5.91 Å². The minimum atomic E-state index is -0.439. The number of hydrazone groups is 1. The summed E-state index contributed by atoms with van der Waals surface area (Å²) in [6.07, 6.45) is 1.67. The highest BCUT2D eigenvalue weighted by Gasteiger charge is 2.08. The molecule has 130 valence electrons. The number of rotatable bonds is 6. The lowest BCUT2D eigenvalue weighted by molar-refractivity contribution is -0.115. The summed E-state index contributed by atoms with van der Waals surface area (Å²) in [5.41, 5.74) is 3.66. The number of nitrogens with zero attached hydrogens (tertiary/aromatic N) is 1. The van der Waals surface area contributed by atoms with Gasteiger partial charge in [-0.2, -0.15) is 5.10 Å². The predicted octanol–water partition coefficient (Wildman–Crippen LogP) is 2.51. The molecule has 7 nitrogen and oxygen atoms in total. The average Bonchev–Trinajstić information content (AvgIpc) is 2.63. The van der Waals surface area contributed by atoms with Crippen LogP contribution < -0.4 is 15.5 Å². The van der Waals surface area contributed by atoms with Crippen molar-refractivity contribution in [2.45, 2.75) is 13.3 Å². The number of methoxy groups -OCH3 is 1. The zero-order valence-corrected chi connectivity index (χ0v) is 13.9. The molecule has 0 aliphatic rings. The third-order valence-electron chi connectivity index (χ3n) is 3.35. The van der Waals surface area contributed by atoms with Crippen LogP contribution in [0.25, 0.3) is 0 Å². The molecule has 0 saturated carbocycles. The van der Waals surface area contributed by atoms with Crippen LogP contribution in [-0.4, -0.2) is 30.2 Å². The molecule has 3 N–H and O–H groups in total. The molecule has 0 aliphatic heterocycles. The molecule has 2 aromatic carbocycles. The van der Waals surface area contributed by atoms with Gasteiger partial charge in [0.15, 0.2) is 11.5 Å². The number of anilines is 1. The molecule has 0 aromatic heterocycles. The van der Waals surface area contributed by atoms with E-state index in [1.807, 2.05) is 0 Å². The first-order valence-electron chi connectivity index (χ1n) is 7.64. The Morgan fingerprint density at radius 2 is 2.00 bits per heavy atom. The van der Waals surface area contributed by atoms with E-state index >= 15 is 0 Å². The SMILES string of the molecule is CCC(=O)Nc1cccc(C(=O)NN=Cc2cccc(OC)c2O)c1. The van der Waals surface area contributed by atoms with E-state index in [2.05, 4.69) is 15.8 Å². The van der Waals surface area contributed by atoms with Crippen molar-refractivity contribution in [3.8, 4) is 11.5 Å². The predicted molar refractivity (Wildman–Crippen MR) is 95.1 cm³/mol. The van der Waals surface area contributed by atoms with Crippen molar-refractivity contribution in [2.75, 3.05) is 12.4 Å². The van der Waals surface area contributed by atoms with Crippen LogP contribution in [-0.2, 0) is 4.79 Å². The molecule has 0 fully saturated rings. The van der Waals surface area contributed by atoms with Gasteiger partial charge in [0.25, 0.3) is 5.91 Å². The van der Waals surface area contributed by atoms with Crippen molar-refractivity contribution in [1.82, 2.24) is 5.43 Å². The van der Waals surface area contributed by atoms with E-state index in [9.17, 15) is 14.7 Å². The first-order chi connectivity index (χ1) is 12.0. The highest BCUT2D eigenvalue weighted by Crippen LogP contribution is 2.27. The number of hydrogen-bond acceptors (Lipinski definition) is 5. The van der Waals surface area contributed by atoms with E-state index in [1.165, 1.54) is 13.3 Å². The lowest BCUT2D eigenvalue weighted by Crippen LogP contribution is -2.18. The van der Waals surface area contributed by atoms with Gasteiger partial charge in [0.1, 0.15) is 0 Å². The van der Waals surface area contributed by atoms with E-state index in [1.54, 1.807) is 49.4 Å². The first kappa shape index (κ1) is 18.0. The fourth-order valence-electron chi connectivity index (χ4n) is 2.02. The van der Waals surface area contributed by atoms with E-state index in [-0.39, 0.29) is 11.7 Å². The number of phenolic OH excluding ortho intramolecular Hbond substituents is 1. The van der Waals surface area contributed by atoms with E-state index < -0.39 is 5.91 Å². The Morgan fingerprint density at radius 1 is 1.24 bits per heavy atom. The van der Waals surface area contributed by atoms with Crippen LogP contribution in [0, 0.1) is 0 Å². The summed E-state index contributed by atoms with van der Waals surface area (Å²) in [6, 6.07) is 11.5. The number of amides is 2. The van der Waals surface area contributed by atoms with Gasteiger partial charge in [-0.25, -0.2) is 5.43 Å². The van der Waals surface area contributed by atoms with Crippen LogP contribution in [0.1, 0.15) is 29.3 Å². The molecule has 7 heteroatoms. The molecule has 0 spiro atoms. The molecule has 0 radical (unpaired) electrons. The first-order valence-corrected chi connectivity index (χ1v) is 7.64. The Morgan fingerprint density at radius 3 is 2.72 bits per heavy atom. The molecule has 0 atom stereocenters. The molecule has 2 aromatic rings. The van der Waals surface area contributed by atoms with Gasteiger partial charge in [-0.15, -0.1) is 0 Å².